The van der Waals surface area contributed by atoms with Gasteiger partial charge in [-0.3, -0.25) is 0 Å². The molecule has 1 aliphatic carbocycles. The molecular weight excluding hydrogens is 522 g/mol. The molecule has 0 amide bonds. The summed E-state index contributed by atoms with van der Waals surface area (Å²) in [6, 6.07) is 44.8. The third-order valence-electron chi connectivity index (χ3n) is 8.86. The van der Waals surface area contributed by atoms with Crippen LogP contribution in [-0.2, 0) is 0 Å². The van der Waals surface area contributed by atoms with E-state index in [1.807, 2.05) is 24.3 Å². The second-order valence-electron chi connectivity index (χ2n) is 11.2. The summed E-state index contributed by atoms with van der Waals surface area (Å²) in [5, 5.41) is 18.2. The highest BCUT2D eigenvalue weighted by Gasteiger charge is 2.22. The zero-order valence-corrected chi connectivity index (χ0v) is 23.3. The van der Waals surface area contributed by atoms with Gasteiger partial charge in [-0.1, -0.05) is 127 Å². The van der Waals surface area contributed by atoms with Crippen LogP contribution in [0.4, 0.5) is 0 Å². The number of nitrogens with one attached hydrogen (secondary N) is 1. The van der Waals surface area contributed by atoms with E-state index in [1.54, 1.807) is 0 Å². The fourth-order valence-corrected chi connectivity index (χ4v) is 6.94. The molecule has 0 spiro atoms. The highest BCUT2D eigenvalue weighted by atomic mass is 16.3. The molecule has 8 aromatic rings. The molecule has 200 valence electrons. The molecule has 0 fully saturated rings. The summed E-state index contributed by atoms with van der Waals surface area (Å²) in [6.07, 6.45) is 6.13. The Hall–Kier alpha value is -5.73. The van der Waals surface area contributed by atoms with Crippen LogP contribution in [-0.4, -0.2) is 5.71 Å². The maximum atomic E-state index is 8.93. The Morgan fingerprint density at radius 3 is 1.93 bits per heavy atom. The van der Waals surface area contributed by atoms with Gasteiger partial charge in [0.2, 0.25) is 0 Å². The van der Waals surface area contributed by atoms with Gasteiger partial charge in [0.15, 0.2) is 0 Å². The molecule has 0 saturated heterocycles. The number of hydrogen-bond donors (Lipinski definition) is 1. The number of fused-ring (bicyclic) bond motifs is 11. The van der Waals surface area contributed by atoms with E-state index in [0.717, 1.165) is 66.1 Å². The summed E-state index contributed by atoms with van der Waals surface area (Å²) in [5.74, 6) is 0. The maximum absolute atomic E-state index is 8.93. The minimum atomic E-state index is 0.507. The first-order chi connectivity index (χ1) is 21.3. The molecule has 1 N–H and O–H groups in total. The third kappa shape index (κ3) is 3.50. The molecule has 0 aliphatic heterocycles. The minimum Gasteiger partial charge on any atom is -0.455 e. The van der Waals surface area contributed by atoms with Gasteiger partial charge in [0.25, 0.3) is 0 Å². The van der Waals surface area contributed by atoms with Gasteiger partial charge in [0, 0.05) is 27.3 Å². The van der Waals surface area contributed by atoms with E-state index in [-0.39, 0.29) is 0 Å². The van der Waals surface area contributed by atoms with Gasteiger partial charge in [0.05, 0.1) is 5.71 Å². The molecule has 2 heteroatoms. The molecule has 1 heterocycles. The van der Waals surface area contributed by atoms with Crippen molar-refractivity contribution in [1.29, 1.82) is 5.41 Å². The smallest absolute Gasteiger partial charge is 0.144 e. The van der Waals surface area contributed by atoms with E-state index < -0.39 is 0 Å². The maximum Gasteiger partial charge on any atom is 0.144 e. The van der Waals surface area contributed by atoms with Crippen LogP contribution in [0.1, 0.15) is 16.7 Å². The van der Waals surface area contributed by atoms with E-state index in [9.17, 15) is 0 Å². The summed E-state index contributed by atoms with van der Waals surface area (Å²) in [4.78, 5) is 0. The van der Waals surface area contributed by atoms with Crippen molar-refractivity contribution in [3.05, 3.63) is 150 Å². The van der Waals surface area contributed by atoms with Crippen molar-refractivity contribution in [2.24, 2.45) is 0 Å². The van der Waals surface area contributed by atoms with Crippen molar-refractivity contribution in [2.45, 2.75) is 0 Å². The number of hydrogen-bond acceptors (Lipinski definition) is 2. The van der Waals surface area contributed by atoms with E-state index in [4.69, 9.17) is 9.83 Å². The molecule has 43 heavy (non-hydrogen) atoms. The highest BCUT2D eigenvalue weighted by Crippen LogP contribution is 2.46. The molecule has 0 radical (unpaired) electrons. The Kier molecular flexibility index (Phi) is 5.08. The Labute approximate surface area is 248 Å². The second kappa shape index (κ2) is 9.14. The van der Waals surface area contributed by atoms with Crippen LogP contribution in [0, 0.1) is 5.41 Å². The minimum absolute atomic E-state index is 0.507. The summed E-state index contributed by atoms with van der Waals surface area (Å²) in [5.41, 5.74) is 8.64. The lowest BCUT2D eigenvalue weighted by molar-refractivity contribution is 0.674. The summed E-state index contributed by atoms with van der Waals surface area (Å²) >= 11 is 0. The first-order valence-corrected chi connectivity index (χ1v) is 14.6. The summed E-state index contributed by atoms with van der Waals surface area (Å²) in [7, 11) is 0. The van der Waals surface area contributed by atoms with Crippen LogP contribution in [0.3, 0.4) is 0 Å². The van der Waals surface area contributed by atoms with Gasteiger partial charge in [-0.2, -0.15) is 0 Å². The van der Waals surface area contributed by atoms with Gasteiger partial charge < -0.3 is 9.83 Å². The van der Waals surface area contributed by atoms with E-state index >= 15 is 0 Å². The lowest BCUT2D eigenvalue weighted by Gasteiger charge is -2.16. The van der Waals surface area contributed by atoms with Crippen molar-refractivity contribution in [3.63, 3.8) is 0 Å². The van der Waals surface area contributed by atoms with Crippen LogP contribution in [0.5, 0.6) is 0 Å². The monoisotopic (exact) mass is 547 g/mol. The van der Waals surface area contributed by atoms with Crippen molar-refractivity contribution in [3.8, 4) is 11.1 Å². The molecule has 0 atom stereocenters. The largest absolute Gasteiger partial charge is 0.455 e. The van der Waals surface area contributed by atoms with Crippen LogP contribution in [0.25, 0.3) is 83.1 Å². The van der Waals surface area contributed by atoms with E-state index in [2.05, 4.69) is 121 Å². The first-order valence-electron chi connectivity index (χ1n) is 14.6. The van der Waals surface area contributed by atoms with Crippen molar-refractivity contribution >= 4 is 77.7 Å². The first kappa shape index (κ1) is 23.9. The summed E-state index contributed by atoms with van der Waals surface area (Å²) < 4.78 is 7.04. The fraction of sp³-hybridized carbons (Fsp3) is 0. The summed E-state index contributed by atoms with van der Waals surface area (Å²) in [6.45, 7) is 0. The van der Waals surface area contributed by atoms with Crippen LogP contribution >= 0.6 is 0 Å². The topological polar surface area (TPSA) is 37.0 Å². The SMILES string of the molecule is N=C1C=Cc2ccccc2/C1=C/c1cc2c3ccccc3c3ccccc3c2c2oc3c(-c4ccccc4)cccc3c12. The molecule has 1 aromatic heterocycles. The zero-order chi connectivity index (χ0) is 28.5. The van der Waals surface area contributed by atoms with Gasteiger partial charge in [0.1, 0.15) is 11.2 Å². The van der Waals surface area contributed by atoms with Crippen LogP contribution < -0.4 is 0 Å². The number of benzene rings is 7. The molecule has 0 saturated carbocycles. The molecule has 2 nitrogen and oxygen atoms in total. The number of para-hydroxylation sites is 1. The normalized spacial score (nSPS) is 14.0. The van der Waals surface area contributed by atoms with Gasteiger partial charge in [-0.15, -0.1) is 0 Å². The van der Waals surface area contributed by atoms with Crippen molar-refractivity contribution in [1.82, 2.24) is 0 Å². The van der Waals surface area contributed by atoms with Gasteiger partial charge in [-0.25, -0.2) is 0 Å². The van der Waals surface area contributed by atoms with Crippen molar-refractivity contribution in [2.75, 3.05) is 0 Å². The predicted molar refractivity (Wildman–Crippen MR) is 183 cm³/mol. The highest BCUT2D eigenvalue weighted by molar-refractivity contribution is 6.37. The lowest BCUT2D eigenvalue weighted by Crippen LogP contribution is -2.03. The van der Waals surface area contributed by atoms with Crippen molar-refractivity contribution < 1.29 is 4.42 Å². The van der Waals surface area contributed by atoms with Crippen LogP contribution in [0.2, 0.25) is 0 Å². The van der Waals surface area contributed by atoms with E-state index in [0.29, 0.717) is 5.71 Å². The lowest BCUT2D eigenvalue weighted by atomic mass is 9.87. The molecule has 1 aliphatic rings. The third-order valence-corrected chi connectivity index (χ3v) is 8.86. The predicted octanol–water partition coefficient (Wildman–Crippen LogP) is 11.3. The van der Waals surface area contributed by atoms with Gasteiger partial charge >= 0.3 is 0 Å². The Balaban J connectivity index is 1.50. The van der Waals surface area contributed by atoms with Gasteiger partial charge in [-0.05, 0) is 67.4 Å². The Morgan fingerprint density at radius 1 is 0.488 bits per heavy atom. The second-order valence-corrected chi connectivity index (χ2v) is 11.2. The Morgan fingerprint density at radius 2 is 1.12 bits per heavy atom. The fourth-order valence-electron chi connectivity index (χ4n) is 6.94. The average molecular weight is 548 g/mol. The van der Waals surface area contributed by atoms with Crippen LogP contribution in [0.15, 0.2) is 138 Å². The Bertz CT molecular complexity index is 2510. The number of furan rings is 1. The average Bonchev–Trinajstić information content (AvgIpc) is 3.47. The zero-order valence-electron chi connectivity index (χ0n) is 23.3. The number of allylic oxidation sites excluding steroid dienone is 2. The number of rotatable bonds is 2. The standard InChI is InChI=1S/C41H25NO/c42-37-22-21-26-13-4-5-14-28(26)35(37)23-27-24-36-32-17-7-6-15-30(32)31-16-8-9-18-33(31)39(36)41-38(27)34-20-10-19-29(40(34)43-41)25-11-2-1-3-12-25/h1-24,42H/b35-23-,42-37?. The molecule has 0 bridgehead atoms. The molecule has 0 unspecified atom stereocenters. The molecule has 7 aromatic carbocycles. The quantitative estimate of drug-likeness (QED) is 0.215. The van der Waals surface area contributed by atoms with E-state index in [1.165, 1.54) is 21.5 Å². The molecule has 9 rings (SSSR count). The molecular formula is C41H25NO.